The standard InChI is InChI=1S/C27H15Cl3F8N2O3/c28-16-2-1-13(8-14(16)24(42)40-18-4-3-17(32)15(22(18)33)9-19(41)23(34)35)39-25(43)21-20(26(21,29)30)10-5-11(27(36,37)38)7-12(31)6-10/h1-8,20-21,23H,9H2,(H,39,43)(H,40,42)/t20-,21+/m0/s1. The second-order valence-electron chi connectivity index (χ2n) is 9.37. The summed E-state index contributed by atoms with van der Waals surface area (Å²) in [6.07, 6.45) is -9.64. The molecule has 0 spiro atoms. The number of anilines is 2. The van der Waals surface area contributed by atoms with Gasteiger partial charge in [-0.3, -0.25) is 14.4 Å². The number of hydrogen-bond acceptors (Lipinski definition) is 3. The molecule has 3 aromatic rings. The van der Waals surface area contributed by atoms with Crippen LogP contribution in [0.25, 0.3) is 0 Å². The fourth-order valence-corrected chi connectivity index (χ4v) is 5.35. The van der Waals surface area contributed by atoms with Gasteiger partial charge in [0.25, 0.3) is 12.3 Å². The topological polar surface area (TPSA) is 75.3 Å². The van der Waals surface area contributed by atoms with Crippen LogP contribution in [0.2, 0.25) is 5.02 Å². The van der Waals surface area contributed by atoms with Gasteiger partial charge in [-0.05, 0) is 54.1 Å². The van der Waals surface area contributed by atoms with Crippen LogP contribution < -0.4 is 10.6 Å². The number of halogens is 11. The zero-order chi connectivity index (χ0) is 32.0. The van der Waals surface area contributed by atoms with Gasteiger partial charge in [-0.25, -0.2) is 22.0 Å². The molecule has 1 fully saturated rings. The lowest BCUT2D eigenvalue weighted by molar-refractivity contribution is -0.137. The van der Waals surface area contributed by atoms with Crippen molar-refractivity contribution in [2.45, 2.75) is 29.3 Å². The van der Waals surface area contributed by atoms with E-state index < -0.39 is 87.1 Å². The van der Waals surface area contributed by atoms with Gasteiger partial charge in [0.05, 0.1) is 27.8 Å². The number of rotatable bonds is 8. The van der Waals surface area contributed by atoms with Crippen molar-refractivity contribution in [3.63, 3.8) is 0 Å². The molecule has 0 aliphatic heterocycles. The SMILES string of the molecule is O=C(Nc1ccc(F)c(CC(=O)C(F)F)c1F)c1cc(NC(=O)[C@H]2[C@H](c3cc(F)cc(C(F)(F)F)c3)C2(Cl)Cl)ccc1Cl. The molecule has 0 radical (unpaired) electrons. The minimum absolute atomic E-state index is 0.0904. The van der Waals surface area contributed by atoms with Crippen LogP contribution in [-0.4, -0.2) is 28.4 Å². The highest BCUT2D eigenvalue weighted by atomic mass is 35.5. The van der Waals surface area contributed by atoms with E-state index in [9.17, 15) is 49.5 Å². The third-order valence-electron chi connectivity index (χ3n) is 6.45. The van der Waals surface area contributed by atoms with Gasteiger partial charge in [-0.1, -0.05) is 11.6 Å². The van der Waals surface area contributed by atoms with Gasteiger partial charge in [0, 0.05) is 23.6 Å². The number of Topliss-reactive ketones (excluding diaryl/α,β-unsaturated/α-hetero) is 1. The number of benzene rings is 3. The average molecular weight is 674 g/mol. The summed E-state index contributed by atoms with van der Waals surface area (Å²) in [4.78, 5) is 37.1. The van der Waals surface area contributed by atoms with Crippen LogP contribution in [-0.2, 0) is 22.2 Å². The van der Waals surface area contributed by atoms with Crippen molar-refractivity contribution in [1.82, 2.24) is 0 Å². The maximum absolute atomic E-state index is 14.8. The summed E-state index contributed by atoms with van der Waals surface area (Å²) in [7, 11) is 0. The molecule has 1 aliphatic carbocycles. The van der Waals surface area contributed by atoms with E-state index in [1.54, 1.807) is 0 Å². The molecular formula is C27H15Cl3F8N2O3. The number of ketones is 1. The predicted molar refractivity (Wildman–Crippen MR) is 141 cm³/mol. The van der Waals surface area contributed by atoms with Crippen LogP contribution in [0.5, 0.6) is 0 Å². The summed E-state index contributed by atoms with van der Waals surface area (Å²) in [5.41, 5.74) is -3.70. The molecule has 0 unspecified atom stereocenters. The Labute approximate surface area is 252 Å². The number of nitrogens with one attached hydrogen (secondary N) is 2. The fourth-order valence-electron chi connectivity index (χ4n) is 4.32. The molecule has 228 valence electrons. The fraction of sp³-hybridized carbons (Fsp3) is 0.222. The van der Waals surface area contributed by atoms with Crippen molar-refractivity contribution in [3.8, 4) is 0 Å². The zero-order valence-corrected chi connectivity index (χ0v) is 23.2. The number of alkyl halides is 7. The lowest BCUT2D eigenvalue weighted by Gasteiger charge is -2.13. The minimum atomic E-state index is -4.88. The van der Waals surface area contributed by atoms with E-state index in [0.29, 0.717) is 12.1 Å². The first-order chi connectivity index (χ1) is 19.9. The van der Waals surface area contributed by atoms with E-state index in [4.69, 9.17) is 34.8 Å². The first kappa shape index (κ1) is 32.5. The molecule has 0 saturated heterocycles. The van der Waals surface area contributed by atoms with Crippen molar-refractivity contribution in [2.75, 3.05) is 10.6 Å². The Morgan fingerprint density at radius 3 is 2.23 bits per heavy atom. The quantitative estimate of drug-likeness (QED) is 0.189. The van der Waals surface area contributed by atoms with Crippen molar-refractivity contribution in [1.29, 1.82) is 0 Å². The Morgan fingerprint density at radius 2 is 1.60 bits per heavy atom. The molecule has 0 heterocycles. The van der Waals surface area contributed by atoms with Crippen LogP contribution >= 0.6 is 34.8 Å². The molecule has 43 heavy (non-hydrogen) atoms. The molecule has 2 atom stereocenters. The highest BCUT2D eigenvalue weighted by Crippen LogP contribution is 2.65. The second kappa shape index (κ2) is 11.9. The summed E-state index contributed by atoms with van der Waals surface area (Å²) in [6.45, 7) is 0. The van der Waals surface area contributed by atoms with Gasteiger partial charge >= 0.3 is 6.18 Å². The van der Waals surface area contributed by atoms with Crippen molar-refractivity contribution in [3.05, 3.63) is 93.3 Å². The van der Waals surface area contributed by atoms with Crippen LogP contribution in [0.1, 0.15) is 33.0 Å². The molecule has 16 heteroatoms. The number of carbonyl (C=O) groups excluding carboxylic acids is 3. The lowest BCUT2D eigenvalue weighted by Crippen LogP contribution is -2.19. The third kappa shape index (κ3) is 6.89. The number of carbonyl (C=O) groups is 3. The molecule has 1 aliphatic rings. The summed E-state index contributed by atoms with van der Waals surface area (Å²) >= 11 is 18.4. The molecule has 0 bridgehead atoms. The van der Waals surface area contributed by atoms with E-state index in [1.165, 1.54) is 6.07 Å². The minimum Gasteiger partial charge on any atom is -0.326 e. The third-order valence-corrected chi connectivity index (χ3v) is 7.72. The van der Waals surface area contributed by atoms with Crippen LogP contribution in [0.4, 0.5) is 46.5 Å². The van der Waals surface area contributed by atoms with Crippen molar-refractivity contribution >= 4 is 63.8 Å². The summed E-state index contributed by atoms with van der Waals surface area (Å²) in [5.74, 6) is -10.3. The largest absolute Gasteiger partial charge is 0.416 e. The molecule has 0 aromatic heterocycles. The normalized spacial score (nSPS) is 17.5. The second-order valence-corrected chi connectivity index (χ2v) is 11.2. The summed E-state index contributed by atoms with van der Waals surface area (Å²) in [6, 6.07) is 6.50. The smallest absolute Gasteiger partial charge is 0.326 e. The van der Waals surface area contributed by atoms with Crippen molar-refractivity contribution in [2.24, 2.45) is 5.92 Å². The molecule has 2 amide bonds. The Bertz CT molecular complexity index is 1630. The first-order valence-electron chi connectivity index (χ1n) is 11.9. The maximum atomic E-state index is 14.8. The van der Waals surface area contributed by atoms with E-state index >= 15 is 0 Å². The Morgan fingerprint density at radius 1 is 0.930 bits per heavy atom. The summed E-state index contributed by atoms with van der Waals surface area (Å²) < 4.78 is 105. The van der Waals surface area contributed by atoms with E-state index in [2.05, 4.69) is 10.6 Å². The monoisotopic (exact) mass is 672 g/mol. The molecule has 2 N–H and O–H groups in total. The summed E-state index contributed by atoms with van der Waals surface area (Å²) in [5, 5.41) is 4.23. The zero-order valence-electron chi connectivity index (χ0n) is 20.9. The molecular weight excluding hydrogens is 659 g/mol. The maximum Gasteiger partial charge on any atom is 0.416 e. The predicted octanol–water partition coefficient (Wildman–Crippen LogP) is 7.93. The van der Waals surface area contributed by atoms with Crippen LogP contribution in [0.3, 0.4) is 0 Å². The Hall–Kier alpha value is -3.42. The molecule has 1 saturated carbocycles. The van der Waals surface area contributed by atoms with Crippen LogP contribution in [0.15, 0.2) is 48.5 Å². The van der Waals surface area contributed by atoms with Gasteiger partial charge in [-0.15, -0.1) is 23.2 Å². The Kier molecular flexibility index (Phi) is 9.01. The Balaban J connectivity index is 1.53. The van der Waals surface area contributed by atoms with E-state index in [0.717, 1.165) is 24.3 Å². The first-order valence-corrected chi connectivity index (χ1v) is 13.0. The van der Waals surface area contributed by atoms with Gasteiger partial charge in [0.2, 0.25) is 11.7 Å². The number of amides is 2. The van der Waals surface area contributed by atoms with Gasteiger partial charge in [0.15, 0.2) is 5.82 Å². The van der Waals surface area contributed by atoms with E-state index in [-0.39, 0.29) is 27.9 Å². The van der Waals surface area contributed by atoms with Gasteiger partial charge in [-0.2, -0.15) is 13.2 Å². The van der Waals surface area contributed by atoms with Gasteiger partial charge in [0.1, 0.15) is 16.0 Å². The van der Waals surface area contributed by atoms with E-state index in [1.807, 2.05) is 0 Å². The van der Waals surface area contributed by atoms with Gasteiger partial charge < -0.3 is 10.6 Å². The molecule has 3 aromatic carbocycles. The average Bonchev–Trinajstić information content (AvgIpc) is 3.50. The highest BCUT2D eigenvalue weighted by Gasteiger charge is 2.67. The molecule has 5 nitrogen and oxygen atoms in total. The number of hydrogen-bond donors (Lipinski definition) is 2. The molecule has 4 rings (SSSR count). The highest BCUT2D eigenvalue weighted by molar-refractivity contribution is 6.53. The lowest BCUT2D eigenvalue weighted by atomic mass is 10.0. The van der Waals surface area contributed by atoms with Crippen molar-refractivity contribution < 1.29 is 49.5 Å². The van der Waals surface area contributed by atoms with Crippen LogP contribution in [0, 0.1) is 23.4 Å².